The monoisotopic (exact) mass is 449 g/mol. The fourth-order valence-corrected chi connectivity index (χ4v) is 6.08. The standard InChI is InChI=1S/C21H24ClN3O2S2/c1-15-19(26)25(21(29-15)16-6-13-28-14-16)12-9-23-7-10-24(11-8-23)20(27)17-4-2-3-5-18(17)22/h2-6,13-15,21H,7-12H2,1H3. The van der Waals surface area contributed by atoms with E-state index in [1.54, 1.807) is 35.2 Å². The molecule has 2 atom stereocenters. The van der Waals surface area contributed by atoms with Crippen LogP contribution in [-0.4, -0.2) is 71.0 Å². The largest absolute Gasteiger partial charge is 0.336 e. The quantitative estimate of drug-likeness (QED) is 0.696. The molecule has 2 aromatic rings. The Hall–Kier alpha value is -1.54. The summed E-state index contributed by atoms with van der Waals surface area (Å²) in [6, 6.07) is 9.31. The van der Waals surface area contributed by atoms with E-state index in [9.17, 15) is 9.59 Å². The Kier molecular flexibility index (Phi) is 6.49. The lowest BCUT2D eigenvalue weighted by Gasteiger charge is -2.36. The number of amides is 2. The maximum absolute atomic E-state index is 12.7. The van der Waals surface area contributed by atoms with Gasteiger partial charge in [0.15, 0.2) is 0 Å². The normalized spacial score (nSPS) is 23.0. The van der Waals surface area contributed by atoms with Crippen molar-refractivity contribution in [2.45, 2.75) is 17.5 Å². The lowest BCUT2D eigenvalue weighted by Crippen LogP contribution is -2.50. The number of thioether (sulfide) groups is 1. The molecule has 1 aromatic carbocycles. The molecule has 3 heterocycles. The topological polar surface area (TPSA) is 43.9 Å². The van der Waals surface area contributed by atoms with Crippen LogP contribution in [0, 0.1) is 0 Å². The number of halogens is 1. The lowest BCUT2D eigenvalue weighted by atomic mass is 10.2. The third kappa shape index (κ3) is 4.48. The van der Waals surface area contributed by atoms with Gasteiger partial charge in [0.05, 0.1) is 15.8 Å². The van der Waals surface area contributed by atoms with Gasteiger partial charge >= 0.3 is 0 Å². The number of piperazine rings is 1. The Balaban J connectivity index is 1.31. The minimum absolute atomic E-state index is 0.00462. The Morgan fingerprint density at radius 2 is 1.90 bits per heavy atom. The minimum atomic E-state index is -0.00674. The maximum Gasteiger partial charge on any atom is 0.255 e. The van der Waals surface area contributed by atoms with Gasteiger partial charge in [-0.3, -0.25) is 14.5 Å². The summed E-state index contributed by atoms with van der Waals surface area (Å²) < 4.78 is 0. The van der Waals surface area contributed by atoms with Crippen LogP contribution in [0.4, 0.5) is 0 Å². The van der Waals surface area contributed by atoms with Crippen molar-refractivity contribution in [3.63, 3.8) is 0 Å². The van der Waals surface area contributed by atoms with E-state index in [0.717, 1.165) is 26.2 Å². The smallest absolute Gasteiger partial charge is 0.255 e. The summed E-state index contributed by atoms with van der Waals surface area (Å²) >= 11 is 9.57. The Labute approximate surface area is 184 Å². The second-order valence-electron chi connectivity index (χ2n) is 7.33. The van der Waals surface area contributed by atoms with Crippen LogP contribution in [0.2, 0.25) is 5.02 Å². The van der Waals surface area contributed by atoms with Gasteiger partial charge in [0, 0.05) is 39.3 Å². The van der Waals surface area contributed by atoms with Gasteiger partial charge in [-0.2, -0.15) is 11.3 Å². The van der Waals surface area contributed by atoms with Crippen LogP contribution in [0.15, 0.2) is 41.1 Å². The zero-order chi connectivity index (χ0) is 20.4. The zero-order valence-electron chi connectivity index (χ0n) is 16.3. The number of hydrogen-bond donors (Lipinski definition) is 0. The number of carbonyl (C=O) groups excluding carboxylic acids is 2. The number of benzene rings is 1. The number of carbonyl (C=O) groups is 2. The van der Waals surface area contributed by atoms with Gasteiger partial charge in [0.25, 0.3) is 5.91 Å². The molecule has 0 saturated carbocycles. The summed E-state index contributed by atoms with van der Waals surface area (Å²) in [6.45, 7) is 6.51. The van der Waals surface area contributed by atoms with Gasteiger partial charge in [-0.25, -0.2) is 0 Å². The zero-order valence-corrected chi connectivity index (χ0v) is 18.7. The highest BCUT2D eigenvalue weighted by molar-refractivity contribution is 8.01. The van der Waals surface area contributed by atoms with E-state index in [2.05, 4.69) is 21.7 Å². The summed E-state index contributed by atoms with van der Waals surface area (Å²) in [5.41, 5.74) is 1.78. The molecule has 1 aromatic heterocycles. The van der Waals surface area contributed by atoms with Gasteiger partial charge in [-0.15, -0.1) is 11.8 Å². The predicted molar refractivity (Wildman–Crippen MR) is 120 cm³/mol. The van der Waals surface area contributed by atoms with Crippen molar-refractivity contribution in [2.75, 3.05) is 39.3 Å². The van der Waals surface area contributed by atoms with Crippen LogP contribution in [-0.2, 0) is 4.79 Å². The first-order valence-electron chi connectivity index (χ1n) is 9.79. The highest BCUT2D eigenvalue weighted by Gasteiger charge is 2.38. The molecule has 0 bridgehead atoms. The van der Waals surface area contributed by atoms with E-state index < -0.39 is 0 Å². The van der Waals surface area contributed by atoms with Crippen molar-refractivity contribution < 1.29 is 9.59 Å². The molecule has 2 fully saturated rings. The van der Waals surface area contributed by atoms with Crippen molar-refractivity contribution in [3.05, 3.63) is 57.2 Å². The van der Waals surface area contributed by atoms with Gasteiger partial charge in [0.1, 0.15) is 5.37 Å². The molecule has 2 aliphatic rings. The van der Waals surface area contributed by atoms with Crippen LogP contribution in [0.3, 0.4) is 0 Å². The minimum Gasteiger partial charge on any atom is -0.336 e. The van der Waals surface area contributed by atoms with E-state index in [1.165, 1.54) is 5.56 Å². The lowest BCUT2D eigenvalue weighted by molar-refractivity contribution is -0.130. The summed E-state index contributed by atoms with van der Waals surface area (Å²) in [5.74, 6) is 0.214. The molecule has 8 heteroatoms. The van der Waals surface area contributed by atoms with E-state index in [-0.39, 0.29) is 22.4 Å². The first kappa shape index (κ1) is 20.7. The second kappa shape index (κ2) is 9.08. The Bertz CT molecular complexity index is 869. The van der Waals surface area contributed by atoms with Crippen molar-refractivity contribution in [1.82, 2.24) is 14.7 Å². The number of thiophene rings is 1. The molecule has 2 aliphatic heterocycles. The Morgan fingerprint density at radius 1 is 1.14 bits per heavy atom. The third-order valence-corrected chi connectivity index (χ3v) is 7.92. The first-order chi connectivity index (χ1) is 14.0. The fourth-order valence-electron chi connectivity index (χ4n) is 3.80. The molecule has 2 amide bonds. The predicted octanol–water partition coefficient (Wildman–Crippen LogP) is 3.82. The summed E-state index contributed by atoms with van der Waals surface area (Å²) in [6.07, 6.45) is 0. The molecule has 2 unspecified atom stereocenters. The molecule has 0 aliphatic carbocycles. The SMILES string of the molecule is CC1SC(c2ccsc2)N(CCN2CCN(C(=O)c3ccccc3Cl)CC2)C1=O. The average molecular weight is 450 g/mol. The molecule has 5 nitrogen and oxygen atoms in total. The second-order valence-corrected chi connectivity index (χ2v) is 9.95. The summed E-state index contributed by atoms with van der Waals surface area (Å²) in [7, 11) is 0. The third-order valence-electron chi connectivity index (χ3n) is 5.50. The number of hydrogen-bond acceptors (Lipinski definition) is 5. The molecule has 0 N–H and O–H groups in total. The van der Waals surface area contributed by atoms with Crippen molar-refractivity contribution in [1.29, 1.82) is 0 Å². The molecule has 0 radical (unpaired) electrons. The molecule has 29 heavy (non-hydrogen) atoms. The van der Waals surface area contributed by atoms with Crippen molar-refractivity contribution in [3.8, 4) is 0 Å². The first-order valence-corrected chi connectivity index (χ1v) is 12.0. The van der Waals surface area contributed by atoms with Gasteiger partial charge < -0.3 is 9.80 Å². The van der Waals surface area contributed by atoms with E-state index in [1.807, 2.05) is 28.9 Å². The number of rotatable bonds is 5. The molecule has 0 spiro atoms. The Morgan fingerprint density at radius 3 is 2.59 bits per heavy atom. The molecular weight excluding hydrogens is 426 g/mol. The van der Waals surface area contributed by atoms with E-state index in [0.29, 0.717) is 23.7 Å². The van der Waals surface area contributed by atoms with Crippen LogP contribution in [0.1, 0.15) is 28.2 Å². The van der Waals surface area contributed by atoms with Crippen LogP contribution < -0.4 is 0 Å². The van der Waals surface area contributed by atoms with E-state index in [4.69, 9.17) is 11.6 Å². The van der Waals surface area contributed by atoms with Crippen LogP contribution >= 0.6 is 34.7 Å². The maximum atomic E-state index is 12.7. The summed E-state index contributed by atoms with van der Waals surface area (Å²) in [5, 5.41) is 4.82. The molecule has 2 saturated heterocycles. The number of nitrogens with zero attached hydrogens (tertiary/aromatic N) is 3. The highest BCUT2D eigenvalue weighted by atomic mass is 35.5. The molecular formula is C21H24ClN3O2S2. The van der Waals surface area contributed by atoms with E-state index >= 15 is 0 Å². The highest BCUT2D eigenvalue weighted by Crippen LogP contribution is 2.43. The van der Waals surface area contributed by atoms with Gasteiger partial charge in [-0.05, 0) is 41.4 Å². The van der Waals surface area contributed by atoms with Gasteiger partial charge in [0.2, 0.25) is 5.91 Å². The van der Waals surface area contributed by atoms with Crippen molar-refractivity contribution >= 4 is 46.5 Å². The van der Waals surface area contributed by atoms with Crippen LogP contribution in [0.25, 0.3) is 0 Å². The fraction of sp³-hybridized carbons (Fsp3) is 0.429. The van der Waals surface area contributed by atoms with Crippen LogP contribution in [0.5, 0.6) is 0 Å². The van der Waals surface area contributed by atoms with Gasteiger partial charge in [-0.1, -0.05) is 23.7 Å². The molecule has 154 valence electrons. The molecule has 4 rings (SSSR count). The average Bonchev–Trinajstić information content (AvgIpc) is 3.36. The van der Waals surface area contributed by atoms with Crippen molar-refractivity contribution in [2.24, 2.45) is 0 Å². The summed E-state index contributed by atoms with van der Waals surface area (Å²) in [4.78, 5) is 31.6.